The minimum atomic E-state index is -0.503. The molecule has 1 rings (SSSR count). The molecule has 0 aromatic heterocycles. The molecule has 0 radical (unpaired) electrons. The first kappa shape index (κ1) is 18.3. The van der Waals surface area contributed by atoms with E-state index in [1.165, 1.54) is 0 Å². The van der Waals surface area contributed by atoms with Crippen LogP contribution >= 0.6 is 0 Å². The van der Waals surface area contributed by atoms with Gasteiger partial charge in [-0.1, -0.05) is 43.2 Å². The van der Waals surface area contributed by atoms with Crippen LogP contribution in [0.4, 0.5) is 0 Å². The number of benzene rings is 1. The molecule has 5 nitrogen and oxygen atoms in total. The zero-order valence-electron chi connectivity index (χ0n) is 13.3. The van der Waals surface area contributed by atoms with Gasteiger partial charge < -0.3 is 5.73 Å². The molecule has 1 aromatic rings. The Morgan fingerprint density at radius 1 is 1.23 bits per heavy atom. The third-order valence-corrected chi connectivity index (χ3v) is 4.00. The zero-order chi connectivity index (χ0) is 16.5. The maximum absolute atomic E-state index is 12.4. The Morgan fingerprint density at radius 3 is 2.41 bits per heavy atom. The molecule has 1 aromatic carbocycles. The van der Waals surface area contributed by atoms with Gasteiger partial charge in [-0.3, -0.25) is 14.8 Å². The van der Waals surface area contributed by atoms with Crippen molar-refractivity contribution in [3.8, 4) is 0 Å². The van der Waals surface area contributed by atoms with Crippen LogP contribution in [0.5, 0.6) is 0 Å². The van der Waals surface area contributed by atoms with Crippen molar-refractivity contribution in [2.24, 2.45) is 11.7 Å². The number of aryl methyl sites for hydroxylation is 1. The fourth-order valence-electron chi connectivity index (χ4n) is 2.41. The zero-order valence-corrected chi connectivity index (χ0v) is 13.3. The lowest BCUT2D eigenvalue weighted by Crippen LogP contribution is -2.30. The predicted octanol–water partition coefficient (Wildman–Crippen LogP) is 2.31. The number of hydrogen-bond donors (Lipinski definition) is 3. The summed E-state index contributed by atoms with van der Waals surface area (Å²) < 4.78 is 0. The molecule has 0 aliphatic rings. The molecule has 0 saturated heterocycles. The summed E-state index contributed by atoms with van der Waals surface area (Å²) in [5, 5.41) is 8.83. The van der Waals surface area contributed by atoms with E-state index < -0.39 is 11.8 Å². The number of rotatable bonds is 9. The summed E-state index contributed by atoms with van der Waals surface area (Å²) in [6, 6.07) is 7.82. The maximum Gasteiger partial charge on any atom is 0.246 e. The van der Waals surface area contributed by atoms with Crippen molar-refractivity contribution in [1.82, 2.24) is 5.48 Å². The predicted molar refractivity (Wildman–Crippen MR) is 85.5 cm³/mol. The van der Waals surface area contributed by atoms with Crippen molar-refractivity contribution in [3.05, 3.63) is 35.4 Å². The summed E-state index contributed by atoms with van der Waals surface area (Å²) in [5.74, 6) is -1.26. The van der Waals surface area contributed by atoms with Crippen LogP contribution in [0.15, 0.2) is 24.3 Å². The van der Waals surface area contributed by atoms with Gasteiger partial charge in [0.1, 0.15) is 5.78 Å². The van der Waals surface area contributed by atoms with Gasteiger partial charge in [0.2, 0.25) is 5.91 Å². The Labute approximate surface area is 131 Å². The number of carbonyl (C=O) groups is 2. The number of ketones is 1. The Bertz CT molecular complexity index is 485. The molecule has 1 amide bonds. The van der Waals surface area contributed by atoms with Gasteiger partial charge in [0.15, 0.2) is 0 Å². The summed E-state index contributed by atoms with van der Waals surface area (Å²) in [6.07, 6.45) is 2.25. The number of hydrogen-bond acceptors (Lipinski definition) is 4. The molecule has 2 atom stereocenters. The van der Waals surface area contributed by atoms with Crippen LogP contribution in [0.1, 0.15) is 49.7 Å². The molecule has 122 valence electrons. The standard InChI is InChI=1S/C17H26N2O3/c1-12-6-8-14(9-7-12)13(2)16(20)11-15(17(21)19-22)5-3-4-10-18/h6-9,13,15,22H,3-5,10-11,18H2,1-2H3,(H,19,21). The highest BCUT2D eigenvalue weighted by atomic mass is 16.5. The van der Waals surface area contributed by atoms with Crippen molar-refractivity contribution < 1.29 is 14.8 Å². The molecule has 0 aliphatic heterocycles. The monoisotopic (exact) mass is 306 g/mol. The Kier molecular flexibility index (Phi) is 7.77. The quantitative estimate of drug-likeness (QED) is 0.371. The average molecular weight is 306 g/mol. The molecular formula is C17H26N2O3. The summed E-state index contributed by atoms with van der Waals surface area (Å²) >= 11 is 0. The van der Waals surface area contributed by atoms with Crippen LogP contribution in [0.2, 0.25) is 0 Å². The molecule has 2 unspecified atom stereocenters. The number of nitrogens with two attached hydrogens (primary N) is 1. The van der Waals surface area contributed by atoms with Gasteiger partial charge in [0, 0.05) is 18.3 Å². The maximum atomic E-state index is 12.4. The molecule has 4 N–H and O–H groups in total. The SMILES string of the molecule is Cc1ccc(C(C)C(=O)CC(CCCCN)C(=O)NO)cc1. The number of amides is 1. The summed E-state index contributed by atoms with van der Waals surface area (Å²) in [5.41, 5.74) is 9.19. The van der Waals surface area contributed by atoms with Crippen LogP contribution in [0.25, 0.3) is 0 Å². The molecular weight excluding hydrogens is 280 g/mol. The molecule has 0 spiro atoms. The highest BCUT2D eigenvalue weighted by molar-refractivity contribution is 5.90. The summed E-state index contributed by atoms with van der Waals surface area (Å²) in [4.78, 5) is 24.1. The number of carbonyl (C=O) groups excluding carboxylic acids is 2. The number of nitrogens with one attached hydrogen (secondary N) is 1. The van der Waals surface area contributed by atoms with Crippen molar-refractivity contribution in [2.75, 3.05) is 6.54 Å². The minimum absolute atomic E-state index is 0.00482. The van der Waals surface area contributed by atoms with E-state index in [9.17, 15) is 9.59 Å². The van der Waals surface area contributed by atoms with E-state index in [1.54, 1.807) is 5.48 Å². The van der Waals surface area contributed by atoms with Crippen LogP contribution in [0, 0.1) is 12.8 Å². The molecule has 5 heteroatoms. The van der Waals surface area contributed by atoms with Gasteiger partial charge in [0.25, 0.3) is 0 Å². The third-order valence-electron chi connectivity index (χ3n) is 4.00. The molecule has 22 heavy (non-hydrogen) atoms. The van der Waals surface area contributed by atoms with Gasteiger partial charge in [-0.15, -0.1) is 0 Å². The van der Waals surface area contributed by atoms with Crippen molar-refractivity contribution in [1.29, 1.82) is 0 Å². The first-order chi connectivity index (χ1) is 10.5. The van der Waals surface area contributed by atoms with Crippen LogP contribution < -0.4 is 11.2 Å². The van der Waals surface area contributed by atoms with Gasteiger partial charge in [-0.05, 0) is 31.9 Å². The second-order valence-corrected chi connectivity index (χ2v) is 5.76. The van der Waals surface area contributed by atoms with Gasteiger partial charge in [-0.25, -0.2) is 5.48 Å². The molecule has 0 fully saturated rings. The number of unbranched alkanes of at least 4 members (excludes halogenated alkanes) is 1. The van der Waals surface area contributed by atoms with E-state index in [0.29, 0.717) is 13.0 Å². The molecule has 0 saturated carbocycles. The second-order valence-electron chi connectivity index (χ2n) is 5.76. The minimum Gasteiger partial charge on any atom is -0.330 e. The summed E-state index contributed by atoms with van der Waals surface area (Å²) in [6.45, 7) is 4.40. The normalized spacial score (nSPS) is 13.5. The van der Waals surface area contributed by atoms with Gasteiger partial charge in [0.05, 0.1) is 0 Å². The number of hydroxylamine groups is 1. The smallest absolute Gasteiger partial charge is 0.246 e. The van der Waals surface area contributed by atoms with Crippen molar-refractivity contribution in [3.63, 3.8) is 0 Å². The first-order valence-electron chi connectivity index (χ1n) is 7.72. The van der Waals surface area contributed by atoms with E-state index in [-0.39, 0.29) is 18.1 Å². The van der Waals surface area contributed by atoms with Crippen LogP contribution in [-0.2, 0) is 9.59 Å². The lowest BCUT2D eigenvalue weighted by atomic mass is 9.87. The fourth-order valence-corrected chi connectivity index (χ4v) is 2.41. The van der Waals surface area contributed by atoms with E-state index in [2.05, 4.69) is 0 Å². The van der Waals surface area contributed by atoms with Gasteiger partial charge >= 0.3 is 0 Å². The van der Waals surface area contributed by atoms with Crippen molar-refractivity contribution in [2.45, 2.75) is 45.4 Å². The van der Waals surface area contributed by atoms with Gasteiger partial charge in [-0.2, -0.15) is 0 Å². The third kappa shape index (κ3) is 5.58. The average Bonchev–Trinajstić information content (AvgIpc) is 2.53. The Morgan fingerprint density at radius 2 is 1.86 bits per heavy atom. The summed E-state index contributed by atoms with van der Waals surface area (Å²) in [7, 11) is 0. The van der Waals surface area contributed by atoms with Crippen LogP contribution in [0.3, 0.4) is 0 Å². The van der Waals surface area contributed by atoms with Crippen molar-refractivity contribution >= 4 is 11.7 Å². The lowest BCUT2D eigenvalue weighted by molar-refractivity contribution is -0.136. The van der Waals surface area contributed by atoms with E-state index >= 15 is 0 Å². The number of Topliss-reactive ketones (excluding diaryl/α,β-unsaturated/α-hetero) is 1. The van der Waals surface area contributed by atoms with E-state index in [4.69, 9.17) is 10.9 Å². The fraction of sp³-hybridized carbons (Fsp3) is 0.529. The molecule has 0 aliphatic carbocycles. The lowest BCUT2D eigenvalue weighted by Gasteiger charge is -2.17. The van der Waals surface area contributed by atoms with Crippen LogP contribution in [-0.4, -0.2) is 23.4 Å². The topological polar surface area (TPSA) is 92.4 Å². The second kappa shape index (κ2) is 9.33. The first-order valence-corrected chi connectivity index (χ1v) is 7.72. The largest absolute Gasteiger partial charge is 0.330 e. The molecule has 0 bridgehead atoms. The highest BCUT2D eigenvalue weighted by Gasteiger charge is 2.24. The highest BCUT2D eigenvalue weighted by Crippen LogP contribution is 2.22. The Balaban J connectivity index is 2.68. The molecule has 0 heterocycles. The Hall–Kier alpha value is -1.72. The van der Waals surface area contributed by atoms with E-state index in [1.807, 2.05) is 38.1 Å². The van der Waals surface area contributed by atoms with E-state index in [0.717, 1.165) is 24.0 Å².